The molecule has 114 valence electrons. The maximum Gasteiger partial charge on any atom is 0.261 e. The molecule has 0 heterocycles. The van der Waals surface area contributed by atoms with Crippen LogP contribution >= 0.6 is 0 Å². The summed E-state index contributed by atoms with van der Waals surface area (Å²) in [4.78, 5) is 0.112. The highest BCUT2D eigenvalue weighted by Crippen LogP contribution is 2.14. The molecule has 0 spiro atoms. The molecular formula is C12H18F2N2O3S. The number of hydrogen-bond donors (Lipinski definition) is 2. The van der Waals surface area contributed by atoms with Crippen molar-refractivity contribution in [3.8, 4) is 0 Å². The predicted octanol–water partition coefficient (Wildman–Crippen LogP) is 1.01. The highest BCUT2D eigenvalue weighted by Gasteiger charge is 2.14. The Hall–Kier alpha value is -1.09. The van der Waals surface area contributed by atoms with E-state index in [1.807, 2.05) is 0 Å². The number of sulfonamides is 1. The zero-order chi connectivity index (χ0) is 15.2. The lowest BCUT2D eigenvalue weighted by Crippen LogP contribution is -2.28. The molecule has 0 aromatic heterocycles. The molecule has 8 heteroatoms. The van der Waals surface area contributed by atoms with Gasteiger partial charge >= 0.3 is 0 Å². The first-order valence-corrected chi connectivity index (χ1v) is 7.50. The minimum Gasteiger partial charge on any atom is -0.374 e. The number of nitrogens with one attached hydrogen (secondary N) is 1. The van der Waals surface area contributed by atoms with Crippen molar-refractivity contribution >= 4 is 10.0 Å². The first-order chi connectivity index (χ1) is 9.36. The Balaban J connectivity index is 2.58. The van der Waals surface area contributed by atoms with Gasteiger partial charge in [-0.1, -0.05) is 6.07 Å². The molecule has 0 bridgehead atoms. The summed E-state index contributed by atoms with van der Waals surface area (Å²) in [7, 11) is -3.67. The van der Waals surface area contributed by atoms with Gasteiger partial charge < -0.3 is 10.5 Å². The second kappa shape index (κ2) is 7.63. The van der Waals surface area contributed by atoms with E-state index in [4.69, 9.17) is 5.73 Å². The van der Waals surface area contributed by atoms with E-state index in [2.05, 4.69) is 9.46 Å². The van der Waals surface area contributed by atoms with E-state index in [0.717, 1.165) is 11.1 Å². The van der Waals surface area contributed by atoms with Crippen molar-refractivity contribution in [3.05, 3.63) is 29.3 Å². The van der Waals surface area contributed by atoms with E-state index >= 15 is 0 Å². The van der Waals surface area contributed by atoms with Crippen molar-refractivity contribution in [1.29, 1.82) is 0 Å². The second-order valence-corrected chi connectivity index (χ2v) is 5.92. The van der Waals surface area contributed by atoms with Gasteiger partial charge in [0.15, 0.2) is 0 Å². The van der Waals surface area contributed by atoms with Crippen LogP contribution in [0.5, 0.6) is 0 Å². The molecule has 0 saturated carbocycles. The number of halogens is 2. The summed E-state index contributed by atoms with van der Waals surface area (Å²) in [5.74, 6) is 0. The maximum absolute atomic E-state index is 11.9. The molecule has 1 rings (SSSR count). The van der Waals surface area contributed by atoms with Gasteiger partial charge in [-0.25, -0.2) is 21.9 Å². The standard InChI is InChI=1S/C12H18F2N2O3S/c1-9-6-11(3-2-10(9)7-15)20(17,18)16-4-5-19-8-12(13)14/h2-3,6,12,16H,4-5,7-8,15H2,1H3. The fraction of sp³-hybridized carbons (Fsp3) is 0.500. The second-order valence-electron chi connectivity index (χ2n) is 4.16. The first-order valence-electron chi connectivity index (χ1n) is 6.02. The molecule has 0 aliphatic heterocycles. The number of rotatable bonds is 8. The molecule has 0 atom stereocenters. The third-order valence-electron chi connectivity index (χ3n) is 2.63. The average Bonchev–Trinajstić information content (AvgIpc) is 2.37. The smallest absolute Gasteiger partial charge is 0.261 e. The summed E-state index contributed by atoms with van der Waals surface area (Å²) in [5, 5.41) is 0. The molecular weight excluding hydrogens is 290 g/mol. The lowest BCUT2D eigenvalue weighted by atomic mass is 10.1. The van der Waals surface area contributed by atoms with Gasteiger partial charge in [0.1, 0.15) is 6.61 Å². The largest absolute Gasteiger partial charge is 0.374 e. The Kier molecular flexibility index (Phi) is 6.47. The molecule has 0 aliphatic rings. The average molecular weight is 308 g/mol. The van der Waals surface area contributed by atoms with Gasteiger partial charge in [-0.05, 0) is 30.2 Å². The SMILES string of the molecule is Cc1cc(S(=O)(=O)NCCOCC(F)F)ccc1CN. The molecule has 0 unspecified atom stereocenters. The number of hydrogen-bond acceptors (Lipinski definition) is 4. The van der Waals surface area contributed by atoms with E-state index in [9.17, 15) is 17.2 Å². The highest BCUT2D eigenvalue weighted by atomic mass is 32.2. The van der Waals surface area contributed by atoms with Crippen molar-refractivity contribution in [3.63, 3.8) is 0 Å². The van der Waals surface area contributed by atoms with Gasteiger partial charge in [0.05, 0.1) is 11.5 Å². The Morgan fingerprint density at radius 1 is 1.40 bits per heavy atom. The van der Waals surface area contributed by atoms with Crippen LogP contribution in [0.4, 0.5) is 8.78 Å². The van der Waals surface area contributed by atoms with E-state index in [1.165, 1.54) is 12.1 Å². The van der Waals surface area contributed by atoms with Gasteiger partial charge in [-0.3, -0.25) is 0 Å². The monoisotopic (exact) mass is 308 g/mol. The molecule has 1 aromatic carbocycles. The minimum atomic E-state index is -3.67. The molecule has 0 fully saturated rings. The molecule has 0 radical (unpaired) electrons. The van der Waals surface area contributed by atoms with Crippen LogP contribution in [0.15, 0.2) is 23.1 Å². The molecule has 5 nitrogen and oxygen atoms in total. The van der Waals surface area contributed by atoms with Crippen LogP contribution in [-0.2, 0) is 21.3 Å². The zero-order valence-electron chi connectivity index (χ0n) is 11.1. The summed E-state index contributed by atoms with van der Waals surface area (Å²) >= 11 is 0. The Labute approximate surface area is 117 Å². The number of benzene rings is 1. The van der Waals surface area contributed by atoms with Crippen molar-refractivity contribution < 1.29 is 21.9 Å². The van der Waals surface area contributed by atoms with Gasteiger partial charge in [0.25, 0.3) is 6.43 Å². The van der Waals surface area contributed by atoms with Crippen molar-refractivity contribution in [2.45, 2.75) is 24.8 Å². The van der Waals surface area contributed by atoms with E-state index in [0.29, 0.717) is 6.54 Å². The number of ether oxygens (including phenoxy) is 1. The first kappa shape index (κ1) is 17.0. The number of nitrogens with two attached hydrogens (primary N) is 1. The summed E-state index contributed by atoms with van der Waals surface area (Å²) in [6, 6.07) is 4.62. The molecule has 1 aromatic rings. The van der Waals surface area contributed by atoms with Gasteiger partial charge in [-0.2, -0.15) is 0 Å². The lowest BCUT2D eigenvalue weighted by Gasteiger charge is -2.09. The topological polar surface area (TPSA) is 81.4 Å². The van der Waals surface area contributed by atoms with Crippen LogP contribution in [0.3, 0.4) is 0 Å². The Morgan fingerprint density at radius 3 is 2.65 bits per heavy atom. The minimum absolute atomic E-state index is 0.0628. The third kappa shape index (κ3) is 5.12. The number of alkyl halides is 2. The van der Waals surface area contributed by atoms with E-state index in [1.54, 1.807) is 13.0 Å². The van der Waals surface area contributed by atoms with Gasteiger partial charge in [0.2, 0.25) is 10.0 Å². The zero-order valence-corrected chi connectivity index (χ0v) is 11.9. The van der Waals surface area contributed by atoms with Crippen molar-refractivity contribution in [2.24, 2.45) is 5.73 Å². The van der Waals surface area contributed by atoms with Gasteiger partial charge in [-0.15, -0.1) is 0 Å². The summed E-state index contributed by atoms with van der Waals surface area (Å²) in [5.41, 5.74) is 7.15. The van der Waals surface area contributed by atoms with Crippen LogP contribution in [0.2, 0.25) is 0 Å². The van der Waals surface area contributed by atoms with E-state index in [-0.39, 0.29) is 18.0 Å². The van der Waals surface area contributed by atoms with Gasteiger partial charge in [0, 0.05) is 13.1 Å². The van der Waals surface area contributed by atoms with Crippen molar-refractivity contribution in [2.75, 3.05) is 19.8 Å². The quantitative estimate of drug-likeness (QED) is 0.702. The van der Waals surface area contributed by atoms with Crippen LogP contribution in [0.25, 0.3) is 0 Å². The van der Waals surface area contributed by atoms with Crippen LogP contribution in [-0.4, -0.2) is 34.6 Å². The fourth-order valence-electron chi connectivity index (χ4n) is 1.57. The van der Waals surface area contributed by atoms with Crippen LogP contribution in [0, 0.1) is 6.92 Å². The third-order valence-corrected chi connectivity index (χ3v) is 4.09. The van der Waals surface area contributed by atoms with Crippen molar-refractivity contribution in [1.82, 2.24) is 4.72 Å². The van der Waals surface area contributed by atoms with E-state index < -0.39 is 23.1 Å². The molecule has 0 aliphatic carbocycles. The summed E-state index contributed by atoms with van der Waals surface area (Å²) in [6.45, 7) is 1.23. The molecule has 3 N–H and O–H groups in total. The normalized spacial score (nSPS) is 12.1. The fourth-order valence-corrected chi connectivity index (χ4v) is 2.67. The molecule has 0 amide bonds. The Bertz CT molecular complexity index is 536. The Morgan fingerprint density at radius 2 is 2.10 bits per heavy atom. The molecule has 0 saturated heterocycles. The summed E-state index contributed by atoms with van der Waals surface area (Å²) < 4.78 is 54.4. The highest BCUT2D eigenvalue weighted by molar-refractivity contribution is 7.89. The number of aryl methyl sites for hydroxylation is 1. The van der Waals surface area contributed by atoms with Crippen LogP contribution in [0.1, 0.15) is 11.1 Å². The molecule has 20 heavy (non-hydrogen) atoms. The predicted molar refractivity (Wildman–Crippen MR) is 71.1 cm³/mol. The maximum atomic E-state index is 11.9. The van der Waals surface area contributed by atoms with Crippen LogP contribution < -0.4 is 10.5 Å². The lowest BCUT2D eigenvalue weighted by molar-refractivity contribution is 0.0199. The summed E-state index contributed by atoms with van der Waals surface area (Å²) in [6.07, 6.45) is -2.56.